The van der Waals surface area contributed by atoms with Gasteiger partial charge in [0.15, 0.2) is 0 Å². The van der Waals surface area contributed by atoms with Gasteiger partial charge < -0.3 is 15.3 Å². The van der Waals surface area contributed by atoms with E-state index >= 15 is 0 Å². The Labute approximate surface area is 150 Å². The Morgan fingerprint density at radius 3 is 2.52 bits per heavy atom. The zero-order valence-electron chi connectivity index (χ0n) is 15.0. The normalized spacial score (nSPS) is 35.1. The Kier molecular flexibility index (Phi) is 4.69. The highest BCUT2D eigenvalue weighted by atomic mass is 16.3. The minimum Gasteiger partial charge on any atom is -0.393 e. The van der Waals surface area contributed by atoms with Crippen molar-refractivity contribution in [3.05, 3.63) is 35.9 Å². The lowest BCUT2D eigenvalue weighted by Gasteiger charge is -2.38. The molecule has 3 aliphatic rings. The fourth-order valence-corrected chi connectivity index (χ4v) is 4.94. The molecule has 0 aliphatic carbocycles. The number of carbonyl (C=O) groups is 1. The first-order valence-corrected chi connectivity index (χ1v) is 9.63. The van der Waals surface area contributed by atoms with Crippen molar-refractivity contribution in [3.63, 3.8) is 0 Å². The molecule has 0 aromatic heterocycles. The fourth-order valence-electron chi connectivity index (χ4n) is 4.94. The Hall–Kier alpha value is -1.59. The maximum Gasteiger partial charge on any atom is 0.318 e. The molecule has 0 spiro atoms. The molecule has 2 amide bonds. The van der Waals surface area contributed by atoms with Gasteiger partial charge in [-0.25, -0.2) is 4.79 Å². The molecule has 3 heterocycles. The number of rotatable bonds is 3. The summed E-state index contributed by atoms with van der Waals surface area (Å²) in [6.45, 7) is 5.10. The van der Waals surface area contributed by atoms with Crippen LogP contribution in [0.5, 0.6) is 0 Å². The van der Waals surface area contributed by atoms with E-state index < -0.39 is 0 Å². The monoisotopic (exact) mass is 343 g/mol. The number of hydrogen-bond acceptors (Lipinski definition) is 3. The lowest BCUT2D eigenvalue weighted by Crippen LogP contribution is -2.55. The summed E-state index contributed by atoms with van der Waals surface area (Å²) < 4.78 is 0. The Balaban J connectivity index is 1.34. The van der Waals surface area contributed by atoms with Crippen molar-refractivity contribution < 1.29 is 9.90 Å². The second-order valence-corrected chi connectivity index (χ2v) is 8.13. The van der Waals surface area contributed by atoms with Crippen LogP contribution in [0.15, 0.2) is 30.3 Å². The Morgan fingerprint density at radius 2 is 1.84 bits per heavy atom. The van der Waals surface area contributed by atoms with Crippen LogP contribution in [-0.2, 0) is 6.54 Å². The summed E-state index contributed by atoms with van der Waals surface area (Å²) in [6, 6.07) is 11.3. The number of amides is 2. The van der Waals surface area contributed by atoms with Gasteiger partial charge in [-0.2, -0.15) is 0 Å². The van der Waals surface area contributed by atoms with Crippen LogP contribution in [0.1, 0.15) is 38.2 Å². The van der Waals surface area contributed by atoms with Crippen LogP contribution in [0.4, 0.5) is 4.79 Å². The number of urea groups is 1. The summed E-state index contributed by atoms with van der Waals surface area (Å²) in [5, 5.41) is 13.2. The average Bonchev–Trinajstić information content (AvgIpc) is 3.06. The van der Waals surface area contributed by atoms with Gasteiger partial charge in [-0.1, -0.05) is 37.3 Å². The highest BCUT2D eigenvalue weighted by molar-refractivity contribution is 5.76. The number of carbonyl (C=O) groups excluding carboxylic acids is 1. The van der Waals surface area contributed by atoms with Crippen LogP contribution in [-0.4, -0.2) is 58.3 Å². The molecule has 1 aromatic carbocycles. The second-order valence-electron chi connectivity index (χ2n) is 8.13. The van der Waals surface area contributed by atoms with Crippen LogP contribution >= 0.6 is 0 Å². The number of aliphatic hydroxyl groups excluding tert-OH is 1. The zero-order chi connectivity index (χ0) is 17.4. The van der Waals surface area contributed by atoms with Gasteiger partial charge in [0.25, 0.3) is 0 Å². The lowest BCUT2D eigenvalue weighted by atomic mass is 10.0. The molecule has 4 atom stereocenters. The maximum atomic E-state index is 12.8. The van der Waals surface area contributed by atoms with E-state index in [9.17, 15) is 9.90 Å². The first kappa shape index (κ1) is 16.9. The van der Waals surface area contributed by atoms with Crippen molar-refractivity contribution in [1.82, 2.24) is 15.1 Å². The molecule has 2 bridgehead atoms. The van der Waals surface area contributed by atoms with Crippen LogP contribution in [0.2, 0.25) is 0 Å². The van der Waals surface area contributed by atoms with Gasteiger partial charge in [0.1, 0.15) is 0 Å². The summed E-state index contributed by atoms with van der Waals surface area (Å²) in [5.41, 5.74) is 1.32. The van der Waals surface area contributed by atoms with Gasteiger partial charge in [-0.3, -0.25) is 4.90 Å². The topological polar surface area (TPSA) is 55.8 Å². The molecule has 136 valence electrons. The van der Waals surface area contributed by atoms with Crippen LogP contribution in [0.3, 0.4) is 0 Å². The van der Waals surface area contributed by atoms with E-state index in [4.69, 9.17) is 0 Å². The minimum absolute atomic E-state index is 0.0813. The molecule has 0 radical (unpaired) electrons. The van der Waals surface area contributed by atoms with Gasteiger partial charge in [-0.05, 0) is 37.2 Å². The predicted octanol–water partition coefficient (Wildman–Crippen LogP) is 2.20. The third-order valence-electron chi connectivity index (χ3n) is 6.19. The third kappa shape index (κ3) is 3.53. The number of benzene rings is 1. The number of nitrogens with one attached hydrogen (secondary N) is 1. The summed E-state index contributed by atoms with van der Waals surface area (Å²) in [4.78, 5) is 17.3. The third-order valence-corrected chi connectivity index (χ3v) is 6.19. The van der Waals surface area contributed by atoms with Gasteiger partial charge in [-0.15, -0.1) is 0 Å². The van der Waals surface area contributed by atoms with Gasteiger partial charge >= 0.3 is 6.03 Å². The molecule has 5 nitrogen and oxygen atoms in total. The first-order chi connectivity index (χ1) is 12.1. The van der Waals surface area contributed by atoms with Crippen molar-refractivity contribution in [2.75, 3.05) is 13.1 Å². The number of hydrogen-bond donors (Lipinski definition) is 2. The number of fused-ring (bicyclic) bond motifs is 2. The van der Waals surface area contributed by atoms with E-state index in [2.05, 4.69) is 41.4 Å². The smallest absolute Gasteiger partial charge is 0.318 e. The SMILES string of the molecule is C[C@H]1CN(Cc2ccccc2)C[C@@H]1NC(=O)N1[C@H]2CC[C@H]1CC(O)C2. The van der Waals surface area contributed by atoms with Crippen molar-refractivity contribution in [2.45, 2.75) is 63.4 Å². The van der Waals surface area contributed by atoms with E-state index in [0.717, 1.165) is 45.3 Å². The summed E-state index contributed by atoms with van der Waals surface area (Å²) in [5.74, 6) is 0.459. The second kappa shape index (κ2) is 6.96. The van der Waals surface area contributed by atoms with E-state index in [-0.39, 0.29) is 30.3 Å². The molecule has 4 rings (SSSR count). The summed E-state index contributed by atoms with van der Waals surface area (Å²) >= 11 is 0. The van der Waals surface area contributed by atoms with Gasteiger partial charge in [0, 0.05) is 37.8 Å². The molecule has 0 unspecified atom stereocenters. The zero-order valence-corrected chi connectivity index (χ0v) is 15.0. The molecule has 0 saturated carbocycles. The standard InChI is InChI=1S/C20H29N3O2/c1-14-11-22(12-15-5-3-2-4-6-15)13-19(14)21-20(25)23-16-7-8-17(23)10-18(24)9-16/h2-6,14,16-19,24H,7-13H2,1H3,(H,21,25)/t14-,16-,17-,19-/m0/s1. The van der Waals surface area contributed by atoms with E-state index in [1.807, 2.05) is 11.0 Å². The molecule has 2 N–H and O–H groups in total. The molecule has 1 aromatic rings. The molecule has 3 saturated heterocycles. The molecule has 3 aliphatic heterocycles. The number of nitrogens with zero attached hydrogens (tertiary/aromatic N) is 2. The highest BCUT2D eigenvalue weighted by Crippen LogP contribution is 2.35. The van der Waals surface area contributed by atoms with E-state index in [0.29, 0.717) is 5.92 Å². The first-order valence-electron chi connectivity index (χ1n) is 9.63. The summed E-state index contributed by atoms with van der Waals surface area (Å²) in [7, 11) is 0. The molecule has 3 fully saturated rings. The predicted molar refractivity (Wildman–Crippen MR) is 97.1 cm³/mol. The van der Waals surface area contributed by atoms with Crippen molar-refractivity contribution in [2.24, 2.45) is 5.92 Å². The molecule has 5 heteroatoms. The van der Waals surface area contributed by atoms with Crippen LogP contribution < -0.4 is 5.32 Å². The van der Waals surface area contributed by atoms with Crippen LogP contribution in [0.25, 0.3) is 0 Å². The molecular weight excluding hydrogens is 314 g/mol. The minimum atomic E-state index is -0.228. The van der Waals surface area contributed by atoms with Crippen molar-refractivity contribution in [1.29, 1.82) is 0 Å². The fraction of sp³-hybridized carbons (Fsp3) is 0.650. The molecular formula is C20H29N3O2. The lowest BCUT2D eigenvalue weighted by molar-refractivity contribution is 0.0532. The number of aliphatic hydroxyl groups is 1. The average molecular weight is 343 g/mol. The van der Waals surface area contributed by atoms with Gasteiger partial charge in [0.2, 0.25) is 0 Å². The largest absolute Gasteiger partial charge is 0.393 e. The highest BCUT2D eigenvalue weighted by Gasteiger charge is 2.43. The number of piperidine rings is 1. The Bertz CT molecular complexity index is 594. The number of likely N-dealkylation sites (tertiary alicyclic amines) is 1. The maximum absolute atomic E-state index is 12.8. The summed E-state index contributed by atoms with van der Waals surface area (Å²) in [6.07, 6.45) is 3.33. The van der Waals surface area contributed by atoms with E-state index in [1.54, 1.807) is 0 Å². The van der Waals surface area contributed by atoms with Gasteiger partial charge in [0.05, 0.1) is 6.10 Å². The van der Waals surface area contributed by atoms with E-state index in [1.165, 1.54) is 5.56 Å². The van der Waals surface area contributed by atoms with Crippen LogP contribution in [0, 0.1) is 5.92 Å². The van der Waals surface area contributed by atoms with Crippen molar-refractivity contribution >= 4 is 6.03 Å². The Morgan fingerprint density at radius 1 is 1.16 bits per heavy atom. The van der Waals surface area contributed by atoms with Crippen molar-refractivity contribution in [3.8, 4) is 0 Å². The molecule has 25 heavy (non-hydrogen) atoms. The quantitative estimate of drug-likeness (QED) is 0.885.